The molecule has 0 fully saturated rings. The molecule has 0 aliphatic carbocycles. The molecule has 0 aliphatic rings. The maximum Gasteiger partial charge on any atom is 0.129 e. The number of ether oxygens (including phenoxy) is 1. The van der Waals surface area contributed by atoms with Crippen molar-refractivity contribution in [1.82, 2.24) is 0 Å². The summed E-state index contributed by atoms with van der Waals surface area (Å²) < 4.78 is 19.1. The minimum Gasteiger partial charge on any atom is -0.373 e. The van der Waals surface area contributed by atoms with E-state index in [0.29, 0.717) is 24.6 Å². The molecular formula is C13H20FNO. The van der Waals surface area contributed by atoms with E-state index >= 15 is 0 Å². The fourth-order valence-corrected chi connectivity index (χ4v) is 1.25. The van der Waals surface area contributed by atoms with Crippen LogP contribution in [0, 0.1) is 11.7 Å². The lowest BCUT2D eigenvalue weighted by atomic mass is 10.1. The third-order valence-electron chi connectivity index (χ3n) is 2.79. The number of nitrogens with two attached hydrogens (primary N) is 1. The molecule has 1 unspecified atom stereocenters. The van der Waals surface area contributed by atoms with E-state index in [2.05, 4.69) is 13.8 Å². The lowest BCUT2D eigenvalue weighted by molar-refractivity contribution is 0.0221. The van der Waals surface area contributed by atoms with Crippen molar-refractivity contribution in [1.29, 1.82) is 0 Å². The molecular weight excluding hydrogens is 205 g/mol. The average Bonchev–Trinajstić information content (AvgIpc) is 2.26. The quantitative estimate of drug-likeness (QED) is 0.836. The predicted molar refractivity (Wildman–Crippen MR) is 63.4 cm³/mol. The van der Waals surface area contributed by atoms with Crippen LogP contribution in [0.4, 0.5) is 4.39 Å². The molecule has 0 amide bonds. The molecule has 0 radical (unpaired) electrons. The van der Waals surface area contributed by atoms with Crippen molar-refractivity contribution in [2.45, 2.75) is 40.0 Å². The number of halogens is 1. The van der Waals surface area contributed by atoms with Crippen LogP contribution < -0.4 is 5.73 Å². The van der Waals surface area contributed by atoms with E-state index in [1.165, 1.54) is 6.07 Å². The van der Waals surface area contributed by atoms with Crippen LogP contribution in [-0.2, 0) is 17.9 Å². The van der Waals surface area contributed by atoms with Gasteiger partial charge >= 0.3 is 0 Å². The van der Waals surface area contributed by atoms with Crippen LogP contribution >= 0.6 is 0 Å². The van der Waals surface area contributed by atoms with Crippen LogP contribution in [0.2, 0.25) is 0 Å². The van der Waals surface area contributed by atoms with Gasteiger partial charge in [0.05, 0.1) is 12.7 Å². The SMILES string of the molecule is CC(C)C(C)OCc1ccc(CN)cc1F. The molecule has 90 valence electrons. The van der Waals surface area contributed by atoms with E-state index in [0.717, 1.165) is 5.56 Å². The summed E-state index contributed by atoms with van der Waals surface area (Å²) in [4.78, 5) is 0. The second-order valence-electron chi connectivity index (χ2n) is 4.39. The summed E-state index contributed by atoms with van der Waals surface area (Å²) >= 11 is 0. The number of benzene rings is 1. The average molecular weight is 225 g/mol. The van der Waals surface area contributed by atoms with Crippen LogP contribution in [0.1, 0.15) is 31.9 Å². The van der Waals surface area contributed by atoms with Crippen molar-refractivity contribution >= 4 is 0 Å². The normalized spacial score (nSPS) is 13.1. The number of hydrogen-bond donors (Lipinski definition) is 1. The highest BCUT2D eigenvalue weighted by atomic mass is 19.1. The third-order valence-corrected chi connectivity index (χ3v) is 2.79. The van der Waals surface area contributed by atoms with Crippen molar-refractivity contribution in [3.05, 3.63) is 35.1 Å². The van der Waals surface area contributed by atoms with Crippen molar-refractivity contribution in [3.8, 4) is 0 Å². The Morgan fingerprint density at radius 3 is 2.50 bits per heavy atom. The van der Waals surface area contributed by atoms with Gasteiger partial charge in [0.15, 0.2) is 0 Å². The summed E-state index contributed by atoms with van der Waals surface area (Å²) in [5.74, 6) is 0.199. The first-order chi connectivity index (χ1) is 7.54. The van der Waals surface area contributed by atoms with Crippen LogP contribution in [0.5, 0.6) is 0 Å². The molecule has 0 saturated carbocycles. The van der Waals surface area contributed by atoms with E-state index in [9.17, 15) is 4.39 Å². The van der Waals surface area contributed by atoms with Crippen LogP contribution in [0.3, 0.4) is 0 Å². The lowest BCUT2D eigenvalue weighted by Crippen LogP contribution is -2.15. The van der Waals surface area contributed by atoms with Crippen molar-refractivity contribution in [2.75, 3.05) is 0 Å². The standard InChI is InChI=1S/C13H20FNO/c1-9(2)10(3)16-8-12-5-4-11(7-15)6-13(12)14/h4-6,9-10H,7-8,15H2,1-3H3. The van der Waals surface area contributed by atoms with Gasteiger partial charge in [-0.15, -0.1) is 0 Å². The van der Waals surface area contributed by atoms with E-state index in [4.69, 9.17) is 10.5 Å². The van der Waals surface area contributed by atoms with Crippen LogP contribution in [0.15, 0.2) is 18.2 Å². The number of rotatable bonds is 5. The third kappa shape index (κ3) is 3.58. The van der Waals surface area contributed by atoms with Crippen molar-refractivity contribution in [2.24, 2.45) is 11.7 Å². The summed E-state index contributed by atoms with van der Waals surface area (Å²) in [5, 5.41) is 0. The largest absolute Gasteiger partial charge is 0.373 e. The Kier molecular flexibility index (Phi) is 4.90. The van der Waals surface area contributed by atoms with E-state index in [-0.39, 0.29) is 11.9 Å². The second-order valence-corrected chi connectivity index (χ2v) is 4.39. The molecule has 0 bridgehead atoms. The molecule has 0 saturated heterocycles. The van der Waals surface area contributed by atoms with E-state index < -0.39 is 0 Å². The second kappa shape index (κ2) is 5.97. The van der Waals surface area contributed by atoms with Gasteiger partial charge in [-0.25, -0.2) is 4.39 Å². The first kappa shape index (κ1) is 13.1. The smallest absolute Gasteiger partial charge is 0.129 e. The molecule has 0 aliphatic heterocycles. The molecule has 1 aromatic rings. The first-order valence-electron chi connectivity index (χ1n) is 5.63. The van der Waals surface area contributed by atoms with E-state index in [1.807, 2.05) is 13.0 Å². The van der Waals surface area contributed by atoms with Gasteiger partial charge < -0.3 is 10.5 Å². The summed E-state index contributed by atoms with van der Waals surface area (Å²) in [6, 6.07) is 5.05. The Morgan fingerprint density at radius 2 is 2.00 bits per heavy atom. The summed E-state index contributed by atoms with van der Waals surface area (Å²) in [5.41, 5.74) is 6.82. The zero-order chi connectivity index (χ0) is 12.1. The zero-order valence-electron chi connectivity index (χ0n) is 10.2. The van der Waals surface area contributed by atoms with Gasteiger partial charge in [-0.05, 0) is 24.5 Å². The van der Waals surface area contributed by atoms with Gasteiger partial charge in [-0.1, -0.05) is 26.0 Å². The molecule has 1 aromatic carbocycles. The van der Waals surface area contributed by atoms with Gasteiger partial charge in [0.2, 0.25) is 0 Å². The molecule has 1 rings (SSSR count). The van der Waals surface area contributed by atoms with Gasteiger partial charge in [0.1, 0.15) is 5.82 Å². The van der Waals surface area contributed by atoms with Crippen LogP contribution in [0.25, 0.3) is 0 Å². The van der Waals surface area contributed by atoms with Gasteiger partial charge in [-0.2, -0.15) is 0 Å². The van der Waals surface area contributed by atoms with Crippen molar-refractivity contribution in [3.63, 3.8) is 0 Å². The van der Waals surface area contributed by atoms with Gasteiger partial charge in [0, 0.05) is 12.1 Å². The van der Waals surface area contributed by atoms with E-state index in [1.54, 1.807) is 6.07 Å². The molecule has 3 heteroatoms. The van der Waals surface area contributed by atoms with Gasteiger partial charge in [0.25, 0.3) is 0 Å². The fourth-order valence-electron chi connectivity index (χ4n) is 1.25. The monoisotopic (exact) mass is 225 g/mol. The Labute approximate surface area is 96.6 Å². The maximum absolute atomic E-state index is 13.6. The summed E-state index contributed by atoms with van der Waals surface area (Å²) in [6.45, 7) is 6.84. The Hall–Kier alpha value is -0.930. The summed E-state index contributed by atoms with van der Waals surface area (Å²) in [7, 11) is 0. The topological polar surface area (TPSA) is 35.2 Å². The first-order valence-corrected chi connectivity index (χ1v) is 5.63. The molecule has 0 spiro atoms. The maximum atomic E-state index is 13.6. The minimum atomic E-state index is -0.237. The van der Waals surface area contributed by atoms with Crippen molar-refractivity contribution < 1.29 is 9.13 Å². The number of hydrogen-bond acceptors (Lipinski definition) is 2. The molecule has 16 heavy (non-hydrogen) atoms. The molecule has 0 aromatic heterocycles. The Morgan fingerprint density at radius 1 is 1.31 bits per heavy atom. The molecule has 2 nitrogen and oxygen atoms in total. The highest BCUT2D eigenvalue weighted by Crippen LogP contribution is 2.14. The predicted octanol–water partition coefficient (Wildman–Crippen LogP) is 2.85. The molecule has 2 N–H and O–H groups in total. The molecule has 1 atom stereocenters. The Balaban J connectivity index is 2.61. The van der Waals surface area contributed by atoms with Gasteiger partial charge in [-0.3, -0.25) is 0 Å². The zero-order valence-corrected chi connectivity index (χ0v) is 10.2. The highest BCUT2D eigenvalue weighted by Gasteiger charge is 2.09. The summed E-state index contributed by atoms with van der Waals surface area (Å²) in [6.07, 6.45) is 0.133. The minimum absolute atomic E-state index is 0.133. The van der Waals surface area contributed by atoms with Crippen LogP contribution in [-0.4, -0.2) is 6.10 Å². The highest BCUT2D eigenvalue weighted by molar-refractivity contribution is 5.23. The molecule has 0 heterocycles. The lowest BCUT2D eigenvalue weighted by Gasteiger charge is -2.16. The Bertz CT molecular complexity index is 339. The fraction of sp³-hybridized carbons (Fsp3) is 0.538.